The van der Waals surface area contributed by atoms with Gasteiger partial charge < -0.3 is 20.1 Å². The SMILES string of the molecule is CC(C)OCCCNC(=O)COCC(=O)Nc1ccc(C(C)C)cc1. The van der Waals surface area contributed by atoms with Crippen LogP contribution in [0, 0.1) is 0 Å². The van der Waals surface area contributed by atoms with E-state index in [4.69, 9.17) is 9.47 Å². The van der Waals surface area contributed by atoms with Gasteiger partial charge in [0.15, 0.2) is 0 Å². The molecule has 6 nitrogen and oxygen atoms in total. The average molecular weight is 350 g/mol. The molecule has 0 aliphatic rings. The molecule has 0 heterocycles. The molecule has 140 valence electrons. The van der Waals surface area contributed by atoms with Crippen molar-refractivity contribution in [1.29, 1.82) is 0 Å². The largest absolute Gasteiger partial charge is 0.379 e. The van der Waals surface area contributed by atoms with Crippen LogP contribution in [0.3, 0.4) is 0 Å². The highest BCUT2D eigenvalue weighted by molar-refractivity contribution is 5.91. The maximum absolute atomic E-state index is 11.8. The summed E-state index contributed by atoms with van der Waals surface area (Å²) in [5.41, 5.74) is 1.93. The maximum atomic E-state index is 11.8. The number of nitrogens with one attached hydrogen (secondary N) is 2. The highest BCUT2D eigenvalue weighted by Crippen LogP contribution is 2.16. The highest BCUT2D eigenvalue weighted by Gasteiger charge is 2.06. The molecule has 1 aromatic rings. The van der Waals surface area contributed by atoms with Crippen LogP contribution in [0.5, 0.6) is 0 Å². The van der Waals surface area contributed by atoms with Crippen molar-refractivity contribution in [2.24, 2.45) is 0 Å². The van der Waals surface area contributed by atoms with Gasteiger partial charge in [-0.15, -0.1) is 0 Å². The van der Waals surface area contributed by atoms with Crippen molar-refractivity contribution in [3.05, 3.63) is 29.8 Å². The monoisotopic (exact) mass is 350 g/mol. The van der Waals surface area contributed by atoms with Crippen molar-refractivity contribution in [3.63, 3.8) is 0 Å². The number of hydrogen-bond donors (Lipinski definition) is 2. The Morgan fingerprint density at radius 1 is 1.00 bits per heavy atom. The Bertz CT molecular complexity index is 527. The van der Waals surface area contributed by atoms with Gasteiger partial charge in [0.1, 0.15) is 13.2 Å². The molecule has 6 heteroatoms. The van der Waals surface area contributed by atoms with Crippen LogP contribution in [0.4, 0.5) is 5.69 Å². The predicted molar refractivity (Wildman–Crippen MR) is 98.7 cm³/mol. The Hall–Kier alpha value is -1.92. The van der Waals surface area contributed by atoms with Crippen LogP contribution in [0.1, 0.15) is 45.6 Å². The molecule has 2 N–H and O–H groups in total. The van der Waals surface area contributed by atoms with Crippen molar-refractivity contribution in [1.82, 2.24) is 5.32 Å². The standard InChI is InChI=1S/C19H30N2O4/c1-14(2)16-6-8-17(9-7-16)21-19(23)13-24-12-18(22)20-10-5-11-25-15(3)4/h6-9,14-15H,5,10-13H2,1-4H3,(H,20,22)(H,21,23). The number of rotatable bonds is 11. The zero-order valence-electron chi connectivity index (χ0n) is 15.6. The molecule has 25 heavy (non-hydrogen) atoms. The summed E-state index contributed by atoms with van der Waals surface area (Å²) in [7, 11) is 0. The van der Waals surface area contributed by atoms with E-state index >= 15 is 0 Å². The minimum atomic E-state index is -0.282. The second kappa shape index (κ2) is 11.6. The fourth-order valence-electron chi connectivity index (χ4n) is 2.05. The minimum Gasteiger partial charge on any atom is -0.379 e. The fraction of sp³-hybridized carbons (Fsp3) is 0.579. The van der Waals surface area contributed by atoms with E-state index in [1.165, 1.54) is 5.56 Å². The number of hydrogen-bond acceptors (Lipinski definition) is 4. The van der Waals surface area contributed by atoms with Crippen molar-refractivity contribution >= 4 is 17.5 Å². The molecule has 0 fully saturated rings. The lowest BCUT2D eigenvalue weighted by molar-refractivity contribution is -0.128. The van der Waals surface area contributed by atoms with Gasteiger partial charge in [-0.3, -0.25) is 9.59 Å². The summed E-state index contributed by atoms with van der Waals surface area (Å²) in [4.78, 5) is 23.4. The first-order chi connectivity index (χ1) is 11.9. The molecular formula is C19H30N2O4. The van der Waals surface area contributed by atoms with Gasteiger partial charge in [0.25, 0.3) is 0 Å². The normalized spacial score (nSPS) is 11.0. The minimum absolute atomic E-state index is 0.134. The van der Waals surface area contributed by atoms with E-state index < -0.39 is 0 Å². The molecule has 0 saturated heterocycles. The van der Waals surface area contributed by atoms with Gasteiger partial charge in [0.05, 0.1) is 6.10 Å². The second-order valence-electron chi connectivity index (χ2n) is 6.44. The third-order valence-electron chi connectivity index (χ3n) is 3.42. The van der Waals surface area contributed by atoms with Crippen LogP contribution in [0.15, 0.2) is 24.3 Å². The number of ether oxygens (including phenoxy) is 2. The molecule has 0 atom stereocenters. The van der Waals surface area contributed by atoms with E-state index in [-0.39, 0.29) is 31.1 Å². The highest BCUT2D eigenvalue weighted by atomic mass is 16.5. The Balaban J connectivity index is 2.14. The summed E-state index contributed by atoms with van der Waals surface area (Å²) in [5, 5.41) is 5.46. The Labute approximate surface area is 150 Å². The molecule has 0 aliphatic carbocycles. The van der Waals surface area contributed by atoms with E-state index in [1.807, 2.05) is 38.1 Å². The zero-order chi connectivity index (χ0) is 18.7. The number of amides is 2. The van der Waals surface area contributed by atoms with Gasteiger partial charge in [-0.1, -0.05) is 26.0 Å². The van der Waals surface area contributed by atoms with Crippen LogP contribution in [0.2, 0.25) is 0 Å². The van der Waals surface area contributed by atoms with Gasteiger partial charge in [0, 0.05) is 18.8 Å². The van der Waals surface area contributed by atoms with E-state index in [0.29, 0.717) is 24.8 Å². The molecule has 0 unspecified atom stereocenters. The van der Waals surface area contributed by atoms with E-state index in [0.717, 1.165) is 6.42 Å². The summed E-state index contributed by atoms with van der Waals surface area (Å²) >= 11 is 0. The van der Waals surface area contributed by atoms with Crippen LogP contribution in [-0.2, 0) is 19.1 Å². The van der Waals surface area contributed by atoms with Crippen molar-refractivity contribution < 1.29 is 19.1 Å². The van der Waals surface area contributed by atoms with E-state index in [2.05, 4.69) is 24.5 Å². The molecule has 0 radical (unpaired) electrons. The zero-order valence-corrected chi connectivity index (χ0v) is 15.6. The number of carbonyl (C=O) groups excluding carboxylic acids is 2. The van der Waals surface area contributed by atoms with Gasteiger partial charge in [-0.25, -0.2) is 0 Å². The maximum Gasteiger partial charge on any atom is 0.250 e. The molecule has 0 bridgehead atoms. The summed E-state index contributed by atoms with van der Waals surface area (Å²) < 4.78 is 10.5. The summed E-state index contributed by atoms with van der Waals surface area (Å²) in [6.45, 7) is 9.01. The van der Waals surface area contributed by atoms with E-state index in [1.54, 1.807) is 0 Å². The first kappa shape index (κ1) is 21.1. The summed E-state index contributed by atoms with van der Waals surface area (Å²) in [5.74, 6) is -0.0717. The van der Waals surface area contributed by atoms with Gasteiger partial charge in [-0.2, -0.15) is 0 Å². The van der Waals surface area contributed by atoms with Crippen LogP contribution >= 0.6 is 0 Å². The van der Waals surface area contributed by atoms with Crippen LogP contribution < -0.4 is 10.6 Å². The summed E-state index contributed by atoms with van der Waals surface area (Å²) in [6.07, 6.45) is 0.940. The molecule has 0 aromatic heterocycles. The number of benzene rings is 1. The first-order valence-electron chi connectivity index (χ1n) is 8.74. The lowest BCUT2D eigenvalue weighted by Crippen LogP contribution is -2.30. The van der Waals surface area contributed by atoms with Crippen LogP contribution in [0.25, 0.3) is 0 Å². The van der Waals surface area contributed by atoms with Crippen molar-refractivity contribution in [2.75, 3.05) is 31.7 Å². The molecular weight excluding hydrogens is 320 g/mol. The smallest absolute Gasteiger partial charge is 0.250 e. The molecule has 2 amide bonds. The third-order valence-corrected chi connectivity index (χ3v) is 3.42. The lowest BCUT2D eigenvalue weighted by Gasteiger charge is -2.09. The lowest BCUT2D eigenvalue weighted by atomic mass is 10.0. The average Bonchev–Trinajstić information content (AvgIpc) is 2.54. The number of anilines is 1. The second-order valence-corrected chi connectivity index (χ2v) is 6.44. The molecule has 1 aromatic carbocycles. The van der Waals surface area contributed by atoms with Crippen LogP contribution in [-0.4, -0.2) is 44.3 Å². The topological polar surface area (TPSA) is 76.7 Å². The molecule has 0 saturated carbocycles. The van der Waals surface area contributed by atoms with Crippen molar-refractivity contribution in [3.8, 4) is 0 Å². The fourth-order valence-corrected chi connectivity index (χ4v) is 2.05. The molecule has 0 aliphatic heterocycles. The van der Waals surface area contributed by atoms with E-state index in [9.17, 15) is 9.59 Å². The quantitative estimate of drug-likeness (QED) is 0.602. The third kappa shape index (κ3) is 9.84. The van der Waals surface area contributed by atoms with Gasteiger partial charge in [0.2, 0.25) is 11.8 Å². The van der Waals surface area contributed by atoms with Gasteiger partial charge >= 0.3 is 0 Å². The Kier molecular flexibility index (Phi) is 9.80. The van der Waals surface area contributed by atoms with Gasteiger partial charge in [-0.05, 0) is 43.9 Å². The summed E-state index contributed by atoms with van der Waals surface area (Å²) in [6, 6.07) is 7.69. The Morgan fingerprint density at radius 2 is 1.64 bits per heavy atom. The Morgan fingerprint density at radius 3 is 2.24 bits per heavy atom. The molecule has 1 rings (SSSR count). The predicted octanol–water partition coefficient (Wildman–Crippen LogP) is 2.70. The van der Waals surface area contributed by atoms with Crippen molar-refractivity contribution in [2.45, 2.75) is 46.1 Å². The number of carbonyl (C=O) groups is 2. The first-order valence-corrected chi connectivity index (χ1v) is 8.74. The molecule has 0 spiro atoms.